The van der Waals surface area contributed by atoms with Gasteiger partial charge in [-0.3, -0.25) is 18.6 Å². The van der Waals surface area contributed by atoms with Crippen molar-refractivity contribution in [2.24, 2.45) is 0 Å². The minimum Gasteiger partial charge on any atom is -0.462 e. The molecule has 0 aliphatic carbocycles. The van der Waals surface area contributed by atoms with E-state index in [-0.39, 0.29) is 25.6 Å². The third-order valence-electron chi connectivity index (χ3n) is 18.6. The number of nitrogens with zero attached hydrogens (tertiary/aromatic N) is 1. The fraction of sp³-hybridized carbons (Fsp3) is 0.974. The first-order valence-electron chi connectivity index (χ1n) is 39.8. The standard InChI is InChI=1S/C78H156NO8P/c1-6-8-10-12-14-16-18-20-22-24-26-28-30-32-34-36-38-40-42-44-46-48-50-52-54-56-58-60-62-64-66-68-70-77(80)84-74-76(75-86-88(82,83)85-73-72-79(3,4)5)87-78(81)71-69-67-65-63-61-59-57-55-53-51-49-47-45-43-41-39-37-35-33-31-29-27-25-23-21-19-17-15-13-11-9-7-2/h76H,6-75H2,1-5H3/p+1/t76-/m1/s1. The lowest BCUT2D eigenvalue weighted by Gasteiger charge is -2.24. The first kappa shape index (κ1) is 87.0. The number of carbonyl (C=O) groups is 2. The zero-order chi connectivity index (χ0) is 64.1. The fourth-order valence-corrected chi connectivity index (χ4v) is 13.3. The topological polar surface area (TPSA) is 108 Å². The van der Waals surface area contributed by atoms with Crippen molar-refractivity contribution < 1.29 is 42.1 Å². The number of unbranched alkanes of at least 4 members (excludes halogenated alkanes) is 62. The van der Waals surface area contributed by atoms with Crippen LogP contribution in [0.25, 0.3) is 0 Å². The molecular weight excluding hydrogens is 1110 g/mol. The average Bonchev–Trinajstić information content (AvgIpc) is 3.69. The lowest BCUT2D eigenvalue weighted by Crippen LogP contribution is -2.37. The van der Waals surface area contributed by atoms with E-state index in [0.29, 0.717) is 17.4 Å². The third kappa shape index (κ3) is 74.1. The van der Waals surface area contributed by atoms with Gasteiger partial charge in [0.05, 0.1) is 27.7 Å². The summed E-state index contributed by atoms with van der Waals surface area (Å²) in [4.78, 5) is 36.0. The molecule has 0 aromatic carbocycles. The molecule has 0 spiro atoms. The van der Waals surface area contributed by atoms with Crippen LogP contribution in [0.5, 0.6) is 0 Å². The van der Waals surface area contributed by atoms with E-state index in [0.717, 1.165) is 38.5 Å². The van der Waals surface area contributed by atoms with Crippen LogP contribution in [-0.2, 0) is 32.7 Å². The van der Waals surface area contributed by atoms with E-state index in [9.17, 15) is 19.0 Å². The normalized spacial score (nSPS) is 12.9. The Morgan fingerprint density at radius 3 is 0.727 bits per heavy atom. The maximum atomic E-state index is 12.9. The van der Waals surface area contributed by atoms with Gasteiger partial charge < -0.3 is 18.9 Å². The van der Waals surface area contributed by atoms with E-state index in [4.69, 9.17) is 18.5 Å². The maximum Gasteiger partial charge on any atom is 0.472 e. The predicted molar refractivity (Wildman–Crippen MR) is 382 cm³/mol. The molecule has 0 heterocycles. The number of esters is 2. The highest BCUT2D eigenvalue weighted by molar-refractivity contribution is 7.47. The van der Waals surface area contributed by atoms with E-state index < -0.39 is 26.5 Å². The Balaban J connectivity index is 3.89. The van der Waals surface area contributed by atoms with Crippen molar-refractivity contribution >= 4 is 19.8 Å². The monoisotopic (exact) mass is 1270 g/mol. The van der Waals surface area contributed by atoms with Gasteiger partial charge in [-0.05, 0) is 12.8 Å². The summed E-state index contributed by atoms with van der Waals surface area (Å²) in [6, 6.07) is 0. The fourth-order valence-electron chi connectivity index (χ4n) is 12.6. The number of hydrogen-bond donors (Lipinski definition) is 1. The van der Waals surface area contributed by atoms with Crippen LogP contribution < -0.4 is 0 Å². The minimum absolute atomic E-state index is 0.0379. The molecule has 1 unspecified atom stereocenters. The molecule has 0 fully saturated rings. The van der Waals surface area contributed by atoms with Gasteiger partial charge in [0.2, 0.25) is 0 Å². The van der Waals surface area contributed by atoms with E-state index in [1.165, 1.54) is 372 Å². The molecule has 0 bridgehead atoms. The summed E-state index contributed by atoms with van der Waals surface area (Å²) in [7, 11) is 1.51. The van der Waals surface area contributed by atoms with Crippen LogP contribution in [0.4, 0.5) is 0 Å². The summed E-state index contributed by atoms with van der Waals surface area (Å²) in [5, 5.41) is 0. The van der Waals surface area contributed by atoms with Crippen LogP contribution in [0.3, 0.4) is 0 Å². The number of ether oxygens (including phenoxy) is 2. The average molecular weight is 1270 g/mol. The summed E-state index contributed by atoms with van der Waals surface area (Å²) in [5.74, 6) is -0.764. The smallest absolute Gasteiger partial charge is 0.462 e. The number of quaternary nitrogens is 1. The van der Waals surface area contributed by atoms with Gasteiger partial charge in [0.15, 0.2) is 6.10 Å². The molecule has 0 radical (unpaired) electrons. The van der Waals surface area contributed by atoms with E-state index in [1.807, 2.05) is 21.1 Å². The molecule has 0 saturated carbocycles. The van der Waals surface area contributed by atoms with Crippen molar-refractivity contribution in [2.75, 3.05) is 47.5 Å². The number of likely N-dealkylation sites (N-methyl/N-ethyl adjacent to an activating group) is 1. The minimum atomic E-state index is -4.39. The summed E-state index contributed by atoms with van der Waals surface area (Å²) in [6.07, 6.45) is 86.9. The zero-order valence-electron chi connectivity index (χ0n) is 60.3. The zero-order valence-corrected chi connectivity index (χ0v) is 61.2. The van der Waals surface area contributed by atoms with Gasteiger partial charge in [-0.2, -0.15) is 0 Å². The van der Waals surface area contributed by atoms with Gasteiger partial charge in [-0.25, -0.2) is 4.57 Å². The second-order valence-corrected chi connectivity index (χ2v) is 30.3. The number of phosphoric ester groups is 1. The van der Waals surface area contributed by atoms with Crippen LogP contribution in [0.2, 0.25) is 0 Å². The summed E-state index contributed by atoms with van der Waals surface area (Å²) in [5.41, 5.74) is 0. The molecule has 0 aliphatic rings. The van der Waals surface area contributed by atoms with E-state index in [2.05, 4.69) is 13.8 Å². The lowest BCUT2D eigenvalue weighted by molar-refractivity contribution is -0.870. The number of carbonyl (C=O) groups excluding carboxylic acids is 2. The molecule has 0 aliphatic heterocycles. The molecule has 0 amide bonds. The predicted octanol–water partition coefficient (Wildman–Crippen LogP) is 26.1. The van der Waals surface area contributed by atoms with Crippen molar-refractivity contribution in [1.82, 2.24) is 0 Å². The van der Waals surface area contributed by atoms with Gasteiger partial charge in [-0.15, -0.1) is 0 Å². The highest BCUT2D eigenvalue weighted by Gasteiger charge is 2.27. The molecule has 88 heavy (non-hydrogen) atoms. The lowest BCUT2D eigenvalue weighted by atomic mass is 10.0. The molecule has 9 nitrogen and oxygen atoms in total. The Morgan fingerprint density at radius 1 is 0.307 bits per heavy atom. The van der Waals surface area contributed by atoms with Crippen LogP contribution >= 0.6 is 7.82 Å². The summed E-state index contributed by atoms with van der Waals surface area (Å²) >= 11 is 0. The molecule has 0 aromatic rings. The quantitative estimate of drug-likeness (QED) is 0.0278. The Labute approximate surface area is 550 Å². The van der Waals surface area contributed by atoms with Crippen molar-refractivity contribution in [2.45, 2.75) is 444 Å². The van der Waals surface area contributed by atoms with Gasteiger partial charge in [0.1, 0.15) is 19.8 Å². The van der Waals surface area contributed by atoms with Gasteiger partial charge in [0.25, 0.3) is 0 Å². The van der Waals surface area contributed by atoms with Crippen molar-refractivity contribution in [3.05, 3.63) is 0 Å². The Hall–Kier alpha value is -0.990. The molecule has 526 valence electrons. The number of rotatable bonds is 76. The number of hydrogen-bond acceptors (Lipinski definition) is 7. The van der Waals surface area contributed by atoms with Crippen molar-refractivity contribution in [1.29, 1.82) is 0 Å². The SMILES string of the molecule is CCCCCCCCCCCCCCCCCCCCCCCCCCCCCCCCCCC(=O)OC[C@H](COP(=O)(O)OCC[N+](C)(C)C)OC(=O)CCCCCCCCCCCCCCCCCCCCCCCCCCCCCCCCCC. The van der Waals surface area contributed by atoms with Gasteiger partial charge in [-0.1, -0.05) is 412 Å². The molecule has 0 rings (SSSR count). The Bertz CT molecular complexity index is 1440. The van der Waals surface area contributed by atoms with Gasteiger partial charge in [0, 0.05) is 12.8 Å². The first-order valence-corrected chi connectivity index (χ1v) is 41.3. The van der Waals surface area contributed by atoms with Crippen LogP contribution in [0, 0.1) is 0 Å². The van der Waals surface area contributed by atoms with Gasteiger partial charge >= 0.3 is 19.8 Å². The summed E-state index contributed by atoms with van der Waals surface area (Å²) in [6.45, 7) is 4.54. The van der Waals surface area contributed by atoms with E-state index in [1.54, 1.807) is 0 Å². The highest BCUT2D eigenvalue weighted by Crippen LogP contribution is 2.43. The van der Waals surface area contributed by atoms with Crippen LogP contribution in [0.15, 0.2) is 0 Å². The Kier molecular flexibility index (Phi) is 69.5. The van der Waals surface area contributed by atoms with E-state index >= 15 is 0 Å². The molecule has 10 heteroatoms. The third-order valence-corrected chi connectivity index (χ3v) is 19.6. The first-order chi connectivity index (χ1) is 43.0. The van der Waals surface area contributed by atoms with Crippen LogP contribution in [-0.4, -0.2) is 74.9 Å². The molecule has 0 saturated heterocycles. The van der Waals surface area contributed by atoms with Crippen molar-refractivity contribution in [3.63, 3.8) is 0 Å². The molecule has 0 aromatic heterocycles. The second-order valence-electron chi connectivity index (χ2n) is 28.8. The second kappa shape index (κ2) is 70.3. The van der Waals surface area contributed by atoms with Crippen LogP contribution in [0.1, 0.15) is 438 Å². The largest absolute Gasteiger partial charge is 0.472 e. The molecule has 2 atom stereocenters. The molecular formula is C78H157NO8P+. The van der Waals surface area contributed by atoms with Crippen molar-refractivity contribution in [3.8, 4) is 0 Å². The Morgan fingerprint density at radius 2 is 0.511 bits per heavy atom. The highest BCUT2D eigenvalue weighted by atomic mass is 31.2. The molecule has 1 N–H and O–H groups in total. The maximum absolute atomic E-state index is 12.9. The number of phosphoric acid groups is 1. The summed E-state index contributed by atoms with van der Waals surface area (Å²) < 4.78 is 34.8.